The molecule has 56 heavy (non-hydrogen) atoms. The Morgan fingerprint density at radius 2 is 1.18 bits per heavy atom. The number of benzene rings is 4. The van der Waals surface area contributed by atoms with Crippen LogP contribution in [0.15, 0.2) is 110 Å². The fourth-order valence-electron chi connectivity index (χ4n) is 6.49. The number of nitrogens with zero attached hydrogens (tertiary/aromatic N) is 5. The van der Waals surface area contributed by atoms with Crippen molar-refractivity contribution in [1.82, 2.24) is 30.2 Å². The van der Waals surface area contributed by atoms with E-state index in [0.29, 0.717) is 82.2 Å². The van der Waals surface area contributed by atoms with Crippen LogP contribution in [0, 0.1) is 11.6 Å². The average molecular weight is 757 g/mol. The number of aliphatic hydroxyl groups excluding tert-OH is 1. The van der Waals surface area contributed by atoms with Crippen molar-refractivity contribution in [2.45, 2.75) is 25.0 Å². The standard InChI is InChI=1S/C22H21FN4O2.C20H17FN4O2/c23-19-11-14(5-6-18(19)20-12-26-21(24)13-25-20)16-3-1-2-4-17(16)22(28)27-15-7-9-29-10-8-15;21-17-7-12(5-6-16(17)18-8-24-19(22)9-23-18)14-3-1-2-4-15(14)20(27)25-10-13(26)11-25/h1-6,11-13,15H,7-10H2,(H2,24,26)(H,27,28);1-9,13,26H,10-11H2,(H2,22,24). The molecule has 0 saturated carbocycles. The molecule has 6 aromatic rings. The molecule has 0 radical (unpaired) electrons. The van der Waals surface area contributed by atoms with Crippen molar-refractivity contribution in [3.05, 3.63) is 132 Å². The number of hydrogen-bond acceptors (Lipinski definition) is 10. The lowest BCUT2D eigenvalue weighted by Crippen LogP contribution is -2.53. The quantitative estimate of drug-likeness (QED) is 0.156. The lowest BCUT2D eigenvalue weighted by molar-refractivity contribution is 0.00594. The number of amides is 2. The number of aromatic nitrogens is 4. The lowest BCUT2D eigenvalue weighted by Gasteiger charge is -2.36. The summed E-state index contributed by atoms with van der Waals surface area (Å²) in [6.45, 7) is 1.92. The number of aliphatic hydroxyl groups is 1. The van der Waals surface area contributed by atoms with Crippen molar-refractivity contribution in [1.29, 1.82) is 0 Å². The largest absolute Gasteiger partial charge is 0.389 e. The van der Waals surface area contributed by atoms with Gasteiger partial charge in [-0.3, -0.25) is 19.6 Å². The van der Waals surface area contributed by atoms with Crippen molar-refractivity contribution >= 4 is 23.5 Å². The van der Waals surface area contributed by atoms with Gasteiger partial charge in [0.25, 0.3) is 11.8 Å². The molecule has 12 nitrogen and oxygen atoms in total. The molecule has 2 aromatic heterocycles. The number of rotatable bonds is 7. The maximum atomic E-state index is 14.8. The van der Waals surface area contributed by atoms with E-state index in [1.807, 2.05) is 12.1 Å². The van der Waals surface area contributed by atoms with E-state index >= 15 is 0 Å². The van der Waals surface area contributed by atoms with Gasteiger partial charge in [-0.1, -0.05) is 48.5 Å². The zero-order valence-electron chi connectivity index (χ0n) is 30.1. The zero-order valence-corrected chi connectivity index (χ0v) is 30.1. The third-order valence-corrected chi connectivity index (χ3v) is 9.49. The van der Waals surface area contributed by atoms with Crippen molar-refractivity contribution in [2.24, 2.45) is 0 Å². The number of anilines is 2. The normalized spacial score (nSPS) is 14.3. The van der Waals surface area contributed by atoms with Crippen molar-refractivity contribution < 1.29 is 28.2 Å². The van der Waals surface area contributed by atoms with E-state index in [1.54, 1.807) is 65.6 Å². The van der Waals surface area contributed by atoms with Crippen molar-refractivity contribution in [2.75, 3.05) is 37.8 Å². The number of likely N-dealkylation sites (tertiary alicyclic amines) is 1. The van der Waals surface area contributed by atoms with Crippen LogP contribution in [0.1, 0.15) is 33.6 Å². The number of nitrogens with one attached hydrogen (secondary N) is 1. The Balaban J connectivity index is 0.000000172. The van der Waals surface area contributed by atoms with Crippen LogP contribution in [-0.2, 0) is 4.74 Å². The number of ether oxygens (including phenoxy) is 1. The average Bonchev–Trinajstić information content (AvgIpc) is 3.21. The summed E-state index contributed by atoms with van der Waals surface area (Å²) in [7, 11) is 0. The third-order valence-electron chi connectivity index (χ3n) is 9.49. The van der Waals surface area contributed by atoms with E-state index in [-0.39, 0.29) is 29.5 Å². The van der Waals surface area contributed by atoms with Crippen molar-refractivity contribution in [3.8, 4) is 44.8 Å². The molecule has 0 spiro atoms. The third kappa shape index (κ3) is 8.51. The first kappa shape index (κ1) is 37.7. The van der Waals surface area contributed by atoms with Gasteiger partial charge >= 0.3 is 0 Å². The molecule has 2 aliphatic rings. The minimum Gasteiger partial charge on any atom is -0.389 e. The van der Waals surface area contributed by atoms with Gasteiger partial charge in [-0.15, -0.1) is 0 Å². The minimum atomic E-state index is -0.473. The van der Waals surface area contributed by atoms with E-state index in [9.17, 15) is 23.5 Å². The molecule has 2 amide bonds. The summed E-state index contributed by atoms with van der Waals surface area (Å²) in [6.07, 6.45) is 6.72. The van der Waals surface area contributed by atoms with Gasteiger partial charge in [-0.25, -0.2) is 18.7 Å². The van der Waals surface area contributed by atoms with Crippen LogP contribution >= 0.6 is 0 Å². The van der Waals surface area contributed by atoms with E-state index in [1.165, 1.54) is 36.9 Å². The van der Waals surface area contributed by atoms with Gasteiger partial charge < -0.3 is 31.5 Å². The molecule has 2 saturated heterocycles. The second-order valence-corrected chi connectivity index (χ2v) is 13.4. The Morgan fingerprint density at radius 1 is 0.679 bits per heavy atom. The number of halogens is 2. The number of carbonyl (C=O) groups excluding carboxylic acids is 2. The summed E-state index contributed by atoms with van der Waals surface area (Å²) in [4.78, 5) is 43.2. The van der Waals surface area contributed by atoms with E-state index in [2.05, 4.69) is 25.3 Å². The summed E-state index contributed by atoms with van der Waals surface area (Å²) in [5.74, 6) is -0.713. The molecular formula is C42H38F2N8O4. The summed E-state index contributed by atoms with van der Waals surface area (Å²) >= 11 is 0. The first-order valence-corrected chi connectivity index (χ1v) is 17.9. The Labute approximate surface area is 321 Å². The van der Waals surface area contributed by atoms with Gasteiger partial charge in [0, 0.05) is 54.6 Å². The van der Waals surface area contributed by atoms with Gasteiger partial charge in [-0.2, -0.15) is 0 Å². The SMILES string of the molecule is Nc1cnc(-c2ccc(-c3ccccc3C(=O)N3CC(O)C3)cc2F)cn1.Nc1cnc(-c2ccc(-c3ccccc3C(=O)NC3CCOCC3)cc2F)cn1. The molecule has 14 heteroatoms. The molecule has 0 atom stereocenters. The minimum absolute atomic E-state index is 0.0903. The van der Waals surface area contributed by atoms with Crippen LogP contribution in [0.2, 0.25) is 0 Å². The van der Waals surface area contributed by atoms with Crippen LogP contribution < -0.4 is 16.8 Å². The predicted octanol–water partition coefficient (Wildman–Crippen LogP) is 5.79. The highest BCUT2D eigenvalue weighted by Crippen LogP contribution is 2.31. The summed E-state index contributed by atoms with van der Waals surface area (Å²) in [5, 5.41) is 12.5. The van der Waals surface area contributed by atoms with Gasteiger partial charge in [0.2, 0.25) is 0 Å². The number of hydrogen-bond donors (Lipinski definition) is 4. The molecular weight excluding hydrogens is 719 g/mol. The molecule has 0 unspecified atom stereocenters. The van der Waals surface area contributed by atoms with E-state index in [0.717, 1.165) is 12.8 Å². The number of nitrogen functional groups attached to an aromatic ring is 2. The smallest absolute Gasteiger partial charge is 0.254 e. The molecule has 4 aromatic carbocycles. The Hall–Kier alpha value is -6.64. The second kappa shape index (κ2) is 16.8. The van der Waals surface area contributed by atoms with Crippen LogP contribution in [0.5, 0.6) is 0 Å². The highest BCUT2D eigenvalue weighted by atomic mass is 19.1. The highest BCUT2D eigenvalue weighted by molar-refractivity contribution is 6.02. The number of nitrogens with two attached hydrogens (primary N) is 2. The van der Waals surface area contributed by atoms with Gasteiger partial charge in [-0.05, 0) is 71.5 Å². The lowest BCUT2D eigenvalue weighted by atomic mass is 9.96. The first-order valence-electron chi connectivity index (χ1n) is 17.9. The number of carbonyl (C=O) groups is 2. The van der Waals surface area contributed by atoms with Gasteiger partial charge in [0.1, 0.15) is 23.3 Å². The Kier molecular flexibility index (Phi) is 11.3. The Bertz CT molecular complexity index is 2350. The monoisotopic (exact) mass is 756 g/mol. The zero-order chi connectivity index (χ0) is 39.2. The van der Waals surface area contributed by atoms with E-state index in [4.69, 9.17) is 16.2 Å². The molecule has 284 valence electrons. The van der Waals surface area contributed by atoms with Crippen molar-refractivity contribution in [3.63, 3.8) is 0 Å². The maximum Gasteiger partial charge on any atom is 0.254 e. The van der Waals surface area contributed by atoms with Crippen LogP contribution in [0.4, 0.5) is 20.4 Å². The molecule has 8 rings (SSSR count). The maximum absolute atomic E-state index is 14.8. The molecule has 0 aliphatic carbocycles. The molecule has 2 aliphatic heterocycles. The van der Waals surface area contributed by atoms with Crippen LogP contribution in [-0.4, -0.2) is 80.2 Å². The molecule has 0 bridgehead atoms. The predicted molar refractivity (Wildman–Crippen MR) is 208 cm³/mol. The van der Waals surface area contributed by atoms with Gasteiger partial charge in [0.05, 0.1) is 42.3 Å². The topological polar surface area (TPSA) is 182 Å². The Morgan fingerprint density at radius 3 is 1.66 bits per heavy atom. The van der Waals surface area contributed by atoms with Crippen LogP contribution in [0.25, 0.3) is 44.8 Å². The highest BCUT2D eigenvalue weighted by Gasteiger charge is 2.30. The van der Waals surface area contributed by atoms with Crippen LogP contribution in [0.3, 0.4) is 0 Å². The summed E-state index contributed by atoms with van der Waals surface area (Å²) < 4.78 is 34.9. The first-order chi connectivity index (χ1) is 27.1. The fraction of sp³-hybridized carbons (Fsp3) is 0.190. The molecule has 2 fully saturated rings. The fourth-order valence-corrected chi connectivity index (χ4v) is 6.49. The molecule has 4 heterocycles. The summed E-state index contributed by atoms with van der Waals surface area (Å²) in [5.41, 5.74) is 16.0. The molecule has 6 N–H and O–H groups in total. The summed E-state index contributed by atoms with van der Waals surface area (Å²) in [6, 6.07) is 23.9. The van der Waals surface area contributed by atoms with Gasteiger partial charge in [0.15, 0.2) is 0 Å². The van der Waals surface area contributed by atoms with E-state index < -0.39 is 17.7 Å². The second-order valence-electron chi connectivity index (χ2n) is 13.4. The number of β-amino-alcohol motifs (C(OH)–C–C–N with tert-alkyl or cyclic N) is 1.